The molecule has 0 aromatic heterocycles. The van der Waals surface area contributed by atoms with Crippen LogP contribution < -0.4 is 9.62 Å². The van der Waals surface area contributed by atoms with Gasteiger partial charge < -0.3 is 5.32 Å². The summed E-state index contributed by atoms with van der Waals surface area (Å²) in [6, 6.07) is 9.34. The second-order valence-corrected chi connectivity index (χ2v) is 8.99. The molecule has 0 unspecified atom stereocenters. The zero-order valence-electron chi connectivity index (χ0n) is 16.2. The first-order valence-electron chi connectivity index (χ1n) is 8.86. The van der Waals surface area contributed by atoms with E-state index in [-0.39, 0.29) is 12.2 Å². The van der Waals surface area contributed by atoms with Crippen molar-refractivity contribution in [2.24, 2.45) is 0 Å². The van der Waals surface area contributed by atoms with Crippen molar-refractivity contribution < 1.29 is 17.6 Å². The molecule has 0 spiro atoms. The molecule has 2 rings (SSSR count). The Kier molecular flexibility index (Phi) is 7.06. The summed E-state index contributed by atoms with van der Waals surface area (Å²) in [4.78, 5) is 13.0. The summed E-state index contributed by atoms with van der Waals surface area (Å²) in [5, 5.41) is 3.20. The van der Waals surface area contributed by atoms with Crippen LogP contribution in [-0.4, -0.2) is 26.6 Å². The summed E-state index contributed by atoms with van der Waals surface area (Å²) < 4.78 is 39.3. The van der Waals surface area contributed by atoms with Gasteiger partial charge in [-0.15, -0.1) is 0 Å². The van der Waals surface area contributed by atoms with E-state index in [1.165, 1.54) is 18.2 Å². The zero-order chi connectivity index (χ0) is 21.1. The Labute approximate surface area is 170 Å². The molecule has 5 nitrogen and oxygen atoms in total. The molecule has 0 aliphatic heterocycles. The number of anilines is 1. The molecular formula is C20H24ClFN2O3S. The van der Waals surface area contributed by atoms with Crippen molar-refractivity contribution in [3.63, 3.8) is 0 Å². The number of carbonyl (C=O) groups is 1. The van der Waals surface area contributed by atoms with E-state index < -0.39 is 28.0 Å². The number of nitrogens with zero attached hydrogens (tertiary/aromatic N) is 1. The van der Waals surface area contributed by atoms with Crippen molar-refractivity contribution in [3.8, 4) is 0 Å². The molecule has 0 aliphatic carbocycles. The van der Waals surface area contributed by atoms with Crippen LogP contribution in [0.2, 0.25) is 5.02 Å². The number of amides is 1. The van der Waals surface area contributed by atoms with Crippen LogP contribution in [0.15, 0.2) is 42.5 Å². The van der Waals surface area contributed by atoms with Crippen molar-refractivity contribution in [2.45, 2.75) is 39.3 Å². The fourth-order valence-corrected chi connectivity index (χ4v) is 4.43. The molecule has 28 heavy (non-hydrogen) atoms. The number of sulfonamides is 1. The van der Waals surface area contributed by atoms with Gasteiger partial charge in [-0.3, -0.25) is 9.10 Å². The Bertz CT molecular complexity index is 948. The second kappa shape index (κ2) is 8.92. The van der Waals surface area contributed by atoms with Crippen LogP contribution in [0.1, 0.15) is 37.4 Å². The first-order chi connectivity index (χ1) is 13.0. The number of aryl methyl sites for hydroxylation is 1. The minimum atomic E-state index is -3.76. The molecule has 152 valence electrons. The van der Waals surface area contributed by atoms with Crippen molar-refractivity contribution >= 4 is 33.2 Å². The predicted molar refractivity (Wildman–Crippen MR) is 111 cm³/mol. The van der Waals surface area contributed by atoms with E-state index >= 15 is 0 Å². The monoisotopic (exact) mass is 426 g/mol. The minimum absolute atomic E-state index is 0.265. The molecular weight excluding hydrogens is 403 g/mol. The van der Waals surface area contributed by atoms with Gasteiger partial charge in [0.2, 0.25) is 15.9 Å². The summed E-state index contributed by atoms with van der Waals surface area (Å²) in [6.45, 7) is 5.26. The number of hydrogen-bond acceptors (Lipinski definition) is 3. The highest BCUT2D eigenvalue weighted by molar-refractivity contribution is 7.92. The Morgan fingerprint density at radius 1 is 1.21 bits per heavy atom. The molecule has 0 saturated heterocycles. The lowest BCUT2D eigenvalue weighted by Crippen LogP contribution is -2.50. The van der Waals surface area contributed by atoms with Gasteiger partial charge in [-0.2, -0.15) is 0 Å². The molecule has 0 fully saturated rings. The highest BCUT2D eigenvalue weighted by Crippen LogP contribution is 2.29. The maximum absolute atomic E-state index is 13.1. The van der Waals surface area contributed by atoms with Crippen molar-refractivity contribution in [2.75, 3.05) is 10.6 Å². The van der Waals surface area contributed by atoms with Crippen LogP contribution in [0.4, 0.5) is 10.1 Å². The normalized spacial score (nSPS) is 13.6. The van der Waals surface area contributed by atoms with Crippen molar-refractivity contribution in [3.05, 3.63) is 64.4 Å². The molecule has 2 atom stereocenters. The standard InChI is InChI=1S/C20H24ClFN2O3S/c1-5-18(20(25)23-14(3)15-7-10-17(22)11-8-15)24(28(4,26)27)19-12-16(21)9-6-13(19)2/h6-12,14,18H,5H2,1-4H3,(H,23,25)/t14-,18+/m1/s1. The predicted octanol–water partition coefficient (Wildman–Crippen LogP) is 4.21. The topological polar surface area (TPSA) is 66.5 Å². The summed E-state index contributed by atoms with van der Waals surface area (Å²) in [5.74, 6) is -0.808. The number of hydrogen-bond donors (Lipinski definition) is 1. The first kappa shape index (κ1) is 22.2. The van der Waals surface area contributed by atoms with Gasteiger partial charge in [-0.1, -0.05) is 36.7 Å². The maximum atomic E-state index is 13.1. The third kappa shape index (κ3) is 5.23. The Balaban J connectivity index is 2.36. The number of halogens is 2. The van der Waals surface area contributed by atoms with Crippen LogP contribution in [-0.2, 0) is 14.8 Å². The fourth-order valence-electron chi connectivity index (χ4n) is 3.00. The van der Waals surface area contributed by atoms with Gasteiger partial charge in [0.25, 0.3) is 0 Å². The Hall–Kier alpha value is -2.12. The van der Waals surface area contributed by atoms with Gasteiger partial charge in [0.1, 0.15) is 11.9 Å². The Morgan fingerprint density at radius 2 is 1.82 bits per heavy atom. The second-order valence-electron chi connectivity index (χ2n) is 6.70. The molecule has 0 bridgehead atoms. The highest BCUT2D eigenvalue weighted by atomic mass is 35.5. The SMILES string of the molecule is CC[C@@H](C(=O)N[C@H](C)c1ccc(F)cc1)N(c1cc(Cl)ccc1C)S(C)(=O)=O. The quantitative estimate of drug-likeness (QED) is 0.721. The van der Waals surface area contributed by atoms with Crippen LogP contribution in [0, 0.1) is 12.7 Å². The smallest absolute Gasteiger partial charge is 0.244 e. The molecule has 1 amide bonds. The average molecular weight is 427 g/mol. The highest BCUT2D eigenvalue weighted by Gasteiger charge is 2.33. The van der Waals surface area contributed by atoms with Gasteiger partial charge in [0.05, 0.1) is 18.0 Å². The fraction of sp³-hybridized carbons (Fsp3) is 0.350. The molecule has 0 radical (unpaired) electrons. The van der Waals surface area contributed by atoms with Crippen LogP contribution in [0.25, 0.3) is 0 Å². The lowest BCUT2D eigenvalue weighted by atomic mass is 10.1. The lowest BCUT2D eigenvalue weighted by Gasteiger charge is -2.32. The van der Waals surface area contributed by atoms with Crippen LogP contribution in [0.5, 0.6) is 0 Å². The van der Waals surface area contributed by atoms with E-state index in [9.17, 15) is 17.6 Å². The van der Waals surface area contributed by atoms with E-state index in [4.69, 9.17) is 11.6 Å². The summed E-state index contributed by atoms with van der Waals surface area (Å²) in [6.07, 6.45) is 1.33. The maximum Gasteiger partial charge on any atom is 0.244 e. The van der Waals surface area contributed by atoms with Gasteiger partial charge >= 0.3 is 0 Å². The van der Waals surface area contributed by atoms with E-state index in [1.54, 1.807) is 45.0 Å². The molecule has 0 heterocycles. The summed E-state index contributed by atoms with van der Waals surface area (Å²) in [5.41, 5.74) is 1.77. The average Bonchev–Trinajstić information content (AvgIpc) is 2.61. The third-order valence-corrected chi connectivity index (χ3v) is 5.87. The summed E-state index contributed by atoms with van der Waals surface area (Å²) in [7, 11) is -3.76. The van der Waals surface area contributed by atoms with Crippen LogP contribution in [0.3, 0.4) is 0 Å². The zero-order valence-corrected chi connectivity index (χ0v) is 17.8. The molecule has 0 saturated carbocycles. The number of benzene rings is 2. The van der Waals surface area contributed by atoms with Crippen molar-refractivity contribution in [1.82, 2.24) is 5.32 Å². The van der Waals surface area contributed by atoms with E-state index in [0.717, 1.165) is 16.1 Å². The van der Waals surface area contributed by atoms with Crippen molar-refractivity contribution in [1.29, 1.82) is 0 Å². The largest absolute Gasteiger partial charge is 0.348 e. The summed E-state index contributed by atoms with van der Waals surface area (Å²) >= 11 is 6.06. The lowest BCUT2D eigenvalue weighted by molar-refractivity contribution is -0.122. The number of rotatable bonds is 7. The minimum Gasteiger partial charge on any atom is -0.348 e. The Morgan fingerprint density at radius 3 is 2.36 bits per heavy atom. The molecule has 0 aliphatic rings. The molecule has 1 N–H and O–H groups in total. The third-order valence-electron chi connectivity index (χ3n) is 4.47. The van der Waals surface area contributed by atoms with E-state index in [1.807, 2.05) is 0 Å². The first-order valence-corrected chi connectivity index (χ1v) is 11.1. The number of nitrogens with one attached hydrogen (secondary N) is 1. The van der Waals surface area contributed by atoms with Crippen LogP contribution >= 0.6 is 11.6 Å². The molecule has 2 aromatic carbocycles. The van der Waals surface area contributed by atoms with Gasteiger partial charge in [0, 0.05) is 5.02 Å². The number of carbonyl (C=O) groups excluding carboxylic acids is 1. The molecule has 8 heteroatoms. The van der Waals surface area contributed by atoms with E-state index in [0.29, 0.717) is 16.3 Å². The molecule has 2 aromatic rings. The van der Waals surface area contributed by atoms with Gasteiger partial charge in [-0.25, -0.2) is 12.8 Å². The van der Waals surface area contributed by atoms with Gasteiger partial charge in [-0.05, 0) is 55.7 Å². The van der Waals surface area contributed by atoms with Gasteiger partial charge in [0.15, 0.2) is 0 Å². The van der Waals surface area contributed by atoms with E-state index in [2.05, 4.69) is 5.32 Å².